The smallest absolute Gasteiger partial charge is 0.307 e. The number of carbonyl (C=O) groups is 2. The zero-order chi connectivity index (χ0) is 24.6. The van der Waals surface area contributed by atoms with Crippen molar-refractivity contribution in [2.75, 3.05) is 6.61 Å². The summed E-state index contributed by atoms with van der Waals surface area (Å²) in [6, 6.07) is 15.2. The number of aliphatic carboxylic acids is 1. The van der Waals surface area contributed by atoms with Crippen LogP contribution in [0.2, 0.25) is 0 Å². The van der Waals surface area contributed by atoms with Gasteiger partial charge in [0.1, 0.15) is 6.61 Å². The molecule has 2 aromatic rings. The monoisotopic (exact) mass is 476 g/mol. The molecule has 2 atom stereocenters. The molecular weight excluding hydrogens is 440 g/mol. The topological polar surface area (TPSA) is 88.0 Å². The van der Waals surface area contributed by atoms with E-state index in [0.717, 1.165) is 35.1 Å². The Morgan fingerprint density at radius 3 is 2.63 bits per heavy atom. The van der Waals surface area contributed by atoms with Gasteiger partial charge in [0.15, 0.2) is 6.04 Å². The number of benzene rings is 2. The van der Waals surface area contributed by atoms with Crippen LogP contribution in [-0.2, 0) is 27.2 Å². The highest BCUT2D eigenvalue weighted by molar-refractivity contribution is 5.99. The van der Waals surface area contributed by atoms with Crippen LogP contribution < -0.4 is 5.32 Å². The van der Waals surface area contributed by atoms with Crippen LogP contribution in [0, 0.1) is 5.92 Å². The third kappa shape index (κ3) is 6.71. The Morgan fingerprint density at radius 1 is 1.09 bits per heavy atom. The van der Waals surface area contributed by atoms with E-state index in [-0.39, 0.29) is 25.0 Å². The van der Waals surface area contributed by atoms with Crippen molar-refractivity contribution >= 4 is 17.8 Å². The van der Waals surface area contributed by atoms with Crippen LogP contribution in [0.5, 0.6) is 0 Å². The fourth-order valence-corrected chi connectivity index (χ4v) is 5.33. The van der Waals surface area contributed by atoms with Crippen molar-refractivity contribution in [3.8, 4) is 0 Å². The second-order valence-corrected chi connectivity index (χ2v) is 9.79. The Labute approximate surface area is 207 Å². The van der Waals surface area contributed by atoms with Gasteiger partial charge in [0.2, 0.25) is 11.8 Å². The summed E-state index contributed by atoms with van der Waals surface area (Å²) in [6.45, 7) is 2.43. The highest BCUT2D eigenvalue weighted by atomic mass is 16.5. The van der Waals surface area contributed by atoms with E-state index in [9.17, 15) is 9.59 Å². The molecule has 0 bridgehead atoms. The van der Waals surface area contributed by atoms with Crippen molar-refractivity contribution in [1.82, 2.24) is 5.32 Å². The summed E-state index contributed by atoms with van der Waals surface area (Å²) in [7, 11) is 0. The fraction of sp³-hybridized carbons (Fsp3) is 0.483. The third-order valence-electron chi connectivity index (χ3n) is 7.09. The predicted octanol–water partition coefficient (Wildman–Crippen LogP) is 4.92. The number of carboxylic acid groups (broad SMARTS) is 1. The lowest BCUT2D eigenvalue weighted by molar-refractivity contribution is -0.136. The second-order valence-electron chi connectivity index (χ2n) is 9.79. The number of amides is 1. The quantitative estimate of drug-likeness (QED) is 0.510. The van der Waals surface area contributed by atoms with E-state index in [1.807, 2.05) is 48.5 Å². The van der Waals surface area contributed by atoms with Crippen molar-refractivity contribution in [1.29, 1.82) is 0 Å². The van der Waals surface area contributed by atoms with Gasteiger partial charge in [-0.15, -0.1) is 0 Å². The van der Waals surface area contributed by atoms with Crippen LogP contribution in [0.25, 0.3) is 0 Å². The fourth-order valence-electron chi connectivity index (χ4n) is 5.33. The molecule has 1 heterocycles. The first kappa shape index (κ1) is 25.0. The lowest BCUT2D eigenvalue weighted by atomic mass is 9.82. The molecule has 0 spiro atoms. The third-order valence-corrected chi connectivity index (χ3v) is 7.09. The van der Waals surface area contributed by atoms with Gasteiger partial charge in [0.05, 0.1) is 6.42 Å². The van der Waals surface area contributed by atoms with Crippen molar-refractivity contribution in [2.45, 2.75) is 76.8 Å². The number of hydrogen-bond donors (Lipinski definition) is 2. The van der Waals surface area contributed by atoms with E-state index >= 15 is 0 Å². The Morgan fingerprint density at radius 2 is 1.86 bits per heavy atom. The van der Waals surface area contributed by atoms with E-state index in [4.69, 9.17) is 9.84 Å². The molecule has 1 amide bonds. The zero-order valence-corrected chi connectivity index (χ0v) is 20.5. The number of nitrogens with one attached hydrogen (secondary N) is 1. The summed E-state index contributed by atoms with van der Waals surface area (Å²) in [6.07, 6.45) is 8.89. The number of carboxylic acids is 1. The lowest BCUT2D eigenvalue weighted by Crippen LogP contribution is -2.45. The minimum atomic E-state index is -0.842. The molecule has 2 aromatic carbocycles. The number of ether oxygens (including phenoxy) is 1. The average Bonchev–Trinajstić information content (AvgIpc) is 3.35. The van der Waals surface area contributed by atoms with Gasteiger partial charge in [-0.25, -0.2) is 4.99 Å². The largest absolute Gasteiger partial charge is 0.481 e. The number of carbonyl (C=O) groups excluding carboxylic acids is 1. The molecule has 186 valence electrons. The van der Waals surface area contributed by atoms with E-state index in [1.54, 1.807) is 0 Å². The van der Waals surface area contributed by atoms with Crippen LogP contribution in [0.1, 0.15) is 74.1 Å². The van der Waals surface area contributed by atoms with Crippen LogP contribution >= 0.6 is 0 Å². The molecule has 1 fully saturated rings. The molecule has 0 saturated heterocycles. The number of aliphatic imine (C=N–C) groups is 1. The predicted molar refractivity (Wildman–Crippen MR) is 137 cm³/mol. The molecule has 0 aromatic heterocycles. The van der Waals surface area contributed by atoms with E-state index in [0.29, 0.717) is 18.2 Å². The SMILES string of the molecule is CCCC(NC(=O)C1COC(c2ccccc2Cc2cccc(CC(=O)O)c2)=N1)C1CCCCC1. The van der Waals surface area contributed by atoms with Gasteiger partial charge in [0.25, 0.3) is 0 Å². The summed E-state index contributed by atoms with van der Waals surface area (Å²) in [4.78, 5) is 28.9. The summed E-state index contributed by atoms with van der Waals surface area (Å²) < 4.78 is 5.93. The summed E-state index contributed by atoms with van der Waals surface area (Å²) >= 11 is 0. The first-order valence-electron chi connectivity index (χ1n) is 12.9. The Kier molecular flexibility index (Phi) is 8.56. The number of rotatable bonds is 10. The molecule has 2 aliphatic rings. The Bertz CT molecular complexity index is 1060. The maximum Gasteiger partial charge on any atom is 0.307 e. The number of nitrogens with zero attached hydrogens (tertiary/aromatic N) is 1. The lowest BCUT2D eigenvalue weighted by Gasteiger charge is -2.31. The average molecular weight is 477 g/mol. The molecule has 2 N–H and O–H groups in total. The molecule has 35 heavy (non-hydrogen) atoms. The molecule has 6 heteroatoms. The van der Waals surface area contributed by atoms with Gasteiger partial charge in [-0.2, -0.15) is 0 Å². The molecule has 0 radical (unpaired) electrons. The van der Waals surface area contributed by atoms with Gasteiger partial charge in [0, 0.05) is 11.6 Å². The first-order valence-corrected chi connectivity index (χ1v) is 12.9. The maximum absolute atomic E-state index is 13.1. The summed E-state index contributed by atoms with van der Waals surface area (Å²) in [5.74, 6) is 0.191. The van der Waals surface area contributed by atoms with E-state index in [1.165, 1.54) is 32.1 Å². The van der Waals surface area contributed by atoms with Gasteiger partial charge < -0.3 is 15.2 Å². The minimum absolute atomic E-state index is 0.00196. The van der Waals surface area contributed by atoms with Crippen molar-refractivity contribution in [3.05, 3.63) is 70.8 Å². The molecule has 1 saturated carbocycles. The van der Waals surface area contributed by atoms with E-state index < -0.39 is 12.0 Å². The molecule has 6 nitrogen and oxygen atoms in total. The van der Waals surface area contributed by atoms with Crippen LogP contribution in [0.3, 0.4) is 0 Å². The van der Waals surface area contributed by atoms with Gasteiger partial charge >= 0.3 is 5.97 Å². The Hall–Kier alpha value is -3.15. The van der Waals surface area contributed by atoms with Crippen LogP contribution in [0.4, 0.5) is 0 Å². The molecule has 1 aliphatic heterocycles. The highest BCUT2D eigenvalue weighted by Crippen LogP contribution is 2.29. The second kappa shape index (κ2) is 12.0. The van der Waals surface area contributed by atoms with Crippen LogP contribution in [0.15, 0.2) is 53.5 Å². The summed E-state index contributed by atoms with van der Waals surface area (Å²) in [5.41, 5.74) is 3.71. The molecule has 2 unspecified atom stereocenters. The first-order chi connectivity index (χ1) is 17.0. The highest BCUT2D eigenvalue weighted by Gasteiger charge is 2.31. The van der Waals surface area contributed by atoms with Gasteiger partial charge in [-0.1, -0.05) is 75.1 Å². The minimum Gasteiger partial charge on any atom is -0.481 e. The zero-order valence-electron chi connectivity index (χ0n) is 20.5. The number of hydrogen-bond acceptors (Lipinski definition) is 4. The van der Waals surface area contributed by atoms with Crippen LogP contribution in [-0.4, -0.2) is 41.6 Å². The molecular formula is C29H36N2O4. The van der Waals surface area contributed by atoms with Gasteiger partial charge in [-0.05, 0) is 54.4 Å². The molecule has 4 rings (SSSR count). The van der Waals surface area contributed by atoms with Crippen molar-refractivity contribution in [3.63, 3.8) is 0 Å². The Balaban J connectivity index is 1.46. The van der Waals surface area contributed by atoms with Crippen molar-refractivity contribution < 1.29 is 19.4 Å². The molecule has 1 aliphatic carbocycles. The normalized spacial score (nSPS) is 19.0. The standard InChI is InChI=1S/C29H36N2O4/c1-2-9-25(22-12-4-3-5-13-22)30-28(34)26-19-35-29(31-26)24-15-7-6-14-23(24)17-20-10-8-11-21(16-20)18-27(32)33/h6-8,10-11,14-16,22,25-26H,2-5,9,12-13,17-19H2,1H3,(H,30,34)(H,32,33). The summed E-state index contributed by atoms with van der Waals surface area (Å²) in [5, 5.41) is 12.4. The van der Waals surface area contributed by atoms with Crippen molar-refractivity contribution in [2.24, 2.45) is 10.9 Å². The van der Waals surface area contributed by atoms with Gasteiger partial charge in [-0.3, -0.25) is 9.59 Å². The maximum atomic E-state index is 13.1. The van der Waals surface area contributed by atoms with E-state index in [2.05, 4.69) is 17.2 Å².